The minimum Gasteiger partial charge on any atom is -0.367 e. The zero-order valence-corrected chi connectivity index (χ0v) is 18.4. The van der Waals surface area contributed by atoms with Crippen molar-refractivity contribution in [3.8, 4) is 0 Å². The van der Waals surface area contributed by atoms with E-state index >= 15 is 0 Å². The molecule has 1 aliphatic heterocycles. The first-order chi connectivity index (χ1) is 15.7. The fourth-order valence-electron chi connectivity index (χ4n) is 4.08. The van der Waals surface area contributed by atoms with Gasteiger partial charge in [-0.3, -0.25) is 9.59 Å². The number of carbonyl (C=O) groups excluding carboxylic acids is 2. The molecule has 164 valence electrons. The van der Waals surface area contributed by atoms with Gasteiger partial charge in [0.25, 0.3) is 11.8 Å². The van der Waals surface area contributed by atoms with Gasteiger partial charge in [-0.25, -0.2) is 0 Å². The number of carbonyl (C=O) groups is 2. The maximum Gasteiger partial charge on any atom is 0.255 e. The van der Waals surface area contributed by atoms with E-state index in [0.717, 1.165) is 37.9 Å². The highest BCUT2D eigenvalue weighted by molar-refractivity contribution is 6.09. The Labute approximate surface area is 189 Å². The average molecular weight is 428 g/mol. The molecule has 1 aliphatic rings. The molecule has 5 nitrogen and oxygen atoms in total. The molecule has 1 heterocycles. The van der Waals surface area contributed by atoms with Crippen LogP contribution in [0.3, 0.4) is 0 Å². The number of anilines is 2. The number of nitrogens with one attached hydrogen (secondary N) is 2. The molecule has 0 unspecified atom stereocenters. The van der Waals surface area contributed by atoms with E-state index in [9.17, 15) is 9.59 Å². The van der Waals surface area contributed by atoms with Gasteiger partial charge in [0.05, 0.1) is 11.3 Å². The van der Waals surface area contributed by atoms with Crippen molar-refractivity contribution in [2.45, 2.75) is 32.7 Å². The predicted molar refractivity (Wildman–Crippen MR) is 129 cm³/mol. The average Bonchev–Trinajstić information content (AvgIpc) is 2.83. The van der Waals surface area contributed by atoms with Crippen molar-refractivity contribution in [3.63, 3.8) is 0 Å². The van der Waals surface area contributed by atoms with Crippen molar-refractivity contribution in [2.75, 3.05) is 23.3 Å². The molecular formula is C27H29N3O2. The summed E-state index contributed by atoms with van der Waals surface area (Å²) in [6.45, 7) is 4.46. The number of nitrogens with zero attached hydrogens (tertiary/aromatic N) is 1. The zero-order valence-electron chi connectivity index (χ0n) is 18.4. The van der Waals surface area contributed by atoms with Gasteiger partial charge in [0.15, 0.2) is 0 Å². The molecular weight excluding hydrogens is 398 g/mol. The van der Waals surface area contributed by atoms with Gasteiger partial charge in [0.2, 0.25) is 0 Å². The van der Waals surface area contributed by atoms with Crippen LogP contribution in [0.2, 0.25) is 0 Å². The predicted octanol–water partition coefficient (Wildman–Crippen LogP) is 5.03. The van der Waals surface area contributed by atoms with Crippen LogP contribution in [0.15, 0.2) is 72.8 Å². The first-order valence-corrected chi connectivity index (χ1v) is 11.3. The second-order valence-corrected chi connectivity index (χ2v) is 8.11. The van der Waals surface area contributed by atoms with Crippen LogP contribution in [-0.4, -0.2) is 24.9 Å². The molecule has 3 aromatic rings. The number of aryl methyl sites for hydroxylation is 1. The van der Waals surface area contributed by atoms with Crippen molar-refractivity contribution in [3.05, 3.63) is 95.1 Å². The zero-order chi connectivity index (χ0) is 22.3. The monoisotopic (exact) mass is 427 g/mol. The van der Waals surface area contributed by atoms with Crippen LogP contribution in [0.4, 0.5) is 11.4 Å². The normalized spacial score (nSPS) is 12.7. The summed E-state index contributed by atoms with van der Waals surface area (Å²) in [6.07, 6.45) is 3.14. The summed E-state index contributed by atoms with van der Waals surface area (Å²) in [5.41, 5.74) is 5.42. The summed E-state index contributed by atoms with van der Waals surface area (Å²) in [7, 11) is 0. The molecule has 0 saturated heterocycles. The minimum absolute atomic E-state index is 0.181. The second kappa shape index (κ2) is 10.1. The molecule has 2 amide bonds. The molecule has 5 heteroatoms. The molecule has 0 spiro atoms. The molecule has 0 bridgehead atoms. The van der Waals surface area contributed by atoms with Gasteiger partial charge < -0.3 is 15.5 Å². The Morgan fingerprint density at radius 1 is 0.906 bits per heavy atom. The van der Waals surface area contributed by atoms with E-state index in [1.54, 1.807) is 18.2 Å². The van der Waals surface area contributed by atoms with Crippen LogP contribution in [-0.2, 0) is 13.0 Å². The number of para-hydroxylation sites is 2. The fourth-order valence-corrected chi connectivity index (χ4v) is 4.08. The lowest BCUT2D eigenvalue weighted by Gasteiger charge is -2.31. The Bertz CT molecular complexity index is 1090. The van der Waals surface area contributed by atoms with E-state index in [-0.39, 0.29) is 11.8 Å². The van der Waals surface area contributed by atoms with Gasteiger partial charge >= 0.3 is 0 Å². The Morgan fingerprint density at radius 2 is 1.66 bits per heavy atom. The molecule has 0 saturated carbocycles. The van der Waals surface area contributed by atoms with E-state index in [1.807, 2.05) is 37.3 Å². The van der Waals surface area contributed by atoms with Crippen molar-refractivity contribution in [1.29, 1.82) is 0 Å². The number of hydrogen-bond donors (Lipinski definition) is 2. The van der Waals surface area contributed by atoms with Crippen LogP contribution in [0.1, 0.15) is 51.6 Å². The molecule has 32 heavy (non-hydrogen) atoms. The third-order valence-electron chi connectivity index (χ3n) is 5.75. The standard InChI is InChI=1S/C27H29N3O2/c1-2-17-28-27(32)23-10-4-5-11-24(23)29-26(31)22-15-13-20(14-16-22)19-30-18-7-9-21-8-3-6-12-25(21)30/h3-6,8,10-16H,2,7,9,17-19H2,1H3,(H,28,32)(H,29,31). The quantitative estimate of drug-likeness (QED) is 0.556. The third kappa shape index (κ3) is 4.99. The molecule has 3 aromatic carbocycles. The third-order valence-corrected chi connectivity index (χ3v) is 5.75. The van der Waals surface area contributed by atoms with Crippen LogP contribution in [0.5, 0.6) is 0 Å². The number of amides is 2. The van der Waals surface area contributed by atoms with Crippen LogP contribution in [0.25, 0.3) is 0 Å². The van der Waals surface area contributed by atoms with Crippen LogP contribution < -0.4 is 15.5 Å². The summed E-state index contributed by atoms with van der Waals surface area (Å²) in [4.78, 5) is 27.6. The summed E-state index contributed by atoms with van der Waals surface area (Å²) in [5, 5.41) is 5.75. The fraction of sp³-hybridized carbons (Fsp3) is 0.259. The van der Waals surface area contributed by atoms with Gasteiger partial charge in [0.1, 0.15) is 0 Å². The second-order valence-electron chi connectivity index (χ2n) is 8.11. The molecule has 4 rings (SSSR count). The van der Waals surface area contributed by atoms with E-state index < -0.39 is 0 Å². The Kier molecular flexibility index (Phi) is 6.85. The van der Waals surface area contributed by atoms with E-state index in [2.05, 4.69) is 39.8 Å². The maximum absolute atomic E-state index is 12.8. The lowest BCUT2D eigenvalue weighted by Crippen LogP contribution is -2.28. The van der Waals surface area contributed by atoms with Gasteiger partial charge in [0, 0.05) is 30.9 Å². The SMILES string of the molecule is CCCNC(=O)c1ccccc1NC(=O)c1ccc(CN2CCCc3ccccc32)cc1. The topological polar surface area (TPSA) is 61.4 Å². The highest BCUT2D eigenvalue weighted by Gasteiger charge is 2.17. The molecule has 0 atom stereocenters. The van der Waals surface area contributed by atoms with Crippen LogP contribution in [0, 0.1) is 0 Å². The Morgan fingerprint density at radius 3 is 2.47 bits per heavy atom. The van der Waals surface area contributed by atoms with E-state index in [4.69, 9.17) is 0 Å². The number of fused-ring (bicyclic) bond motifs is 1. The highest BCUT2D eigenvalue weighted by atomic mass is 16.2. The first kappa shape index (κ1) is 21.6. The largest absolute Gasteiger partial charge is 0.367 e. The van der Waals surface area contributed by atoms with Gasteiger partial charge in [-0.1, -0.05) is 49.4 Å². The van der Waals surface area contributed by atoms with Crippen molar-refractivity contribution in [2.24, 2.45) is 0 Å². The minimum atomic E-state index is -0.226. The summed E-state index contributed by atoms with van der Waals surface area (Å²) < 4.78 is 0. The van der Waals surface area contributed by atoms with Crippen molar-refractivity contribution >= 4 is 23.2 Å². The molecule has 0 aliphatic carbocycles. The molecule has 2 N–H and O–H groups in total. The maximum atomic E-state index is 12.8. The van der Waals surface area contributed by atoms with Crippen molar-refractivity contribution in [1.82, 2.24) is 5.32 Å². The number of rotatable bonds is 7. The number of benzene rings is 3. The van der Waals surface area contributed by atoms with Gasteiger partial charge in [-0.2, -0.15) is 0 Å². The summed E-state index contributed by atoms with van der Waals surface area (Å²) in [5.74, 6) is -0.407. The lowest BCUT2D eigenvalue weighted by atomic mass is 10.0. The Balaban J connectivity index is 1.43. The van der Waals surface area contributed by atoms with E-state index in [1.165, 1.54) is 11.3 Å². The first-order valence-electron chi connectivity index (χ1n) is 11.3. The van der Waals surface area contributed by atoms with Gasteiger partial charge in [-0.05, 0) is 60.7 Å². The van der Waals surface area contributed by atoms with Gasteiger partial charge in [-0.15, -0.1) is 0 Å². The molecule has 0 fully saturated rings. The molecule has 0 radical (unpaired) electrons. The highest BCUT2D eigenvalue weighted by Crippen LogP contribution is 2.28. The van der Waals surface area contributed by atoms with Crippen molar-refractivity contribution < 1.29 is 9.59 Å². The summed E-state index contributed by atoms with van der Waals surface area (Å²) in [6, 6.07) is 23.4. The van der Waals surface area contributed by atoms with Crippen LogP contribution >= 0.6 is 0 Å². The Hall–Kier alpha value is -3.60. The summed E-state index contributed by atoms with van der Waals surface area (Å²) >= 11 is 0. The smallest absolute Gasteiger partial charge is 0.255 e. The van der Waals surface area contributed by atoms with E-state index in [0.29, 0.717) is 23.4 Å². The molecule has 0 aromatic heterocycles. The number of hydrogen-bond acceptors (Lipinski definition) is 3. The lowest BCUT2D eigenvalue weighted by molar-refractivity contribution is 0.0954.